The quantitative estimate of drug-likeness (QED) is 0.735. The molecule has 0 spiro atoms. The Morgan fingerprint density at radius 2 is 2.19 bits per heavy atom. The van der Waals surface area contributed by atoms with E-state index in [0.29, 0.717) is 6.33 Å². The third-order valence-electron chi connectivity index (χ3n) is 1.40. The SMILES string of the molecule is CCOC(=O)Oc1cncnc1C(F)(F)F. The Hall–Kier alpha value is -1.86. The lowest BCUT2D eigenvalue weighted by molar-refractivity contribution is -0.142. The van der Waals surface area contributed by atoms with Crippen molar-refractivity contribution in [3.63, 3.8) is 0 Å². The van der Waals surface area contributed by atoms with E-state index in [1.54, 1.807) is 0 Å². The van der Waals surface area contributed by atoms with E-state index in [1.807, 2.05) is 0 Å². The molecule has 5 nitrogen and oxygen atoms in total. The summed E-state index contributed by atoms with van der Waals surface area (Å²) in [5.74, 6) is -0.784. The second-order valence-electron chi connectivity index (χ2n) is 2.52. The van der Waals surface area contributed by atoms with Crippen molar-refractivity contribution in [2.24, 2.45) is 0 Å². The standard InChI is InChI=1S/C8H7F3N2O3/c1-2-15-7(14)16-5-3-12-4-13-6(5)8(9,10)11/h3-4H,2H2,1H3. The third-order valence-corrected chi connectivity index (χ3v) is 1.40. The predicted molar refractivity (Wildman–Crippen MR) is 44.7 cm³/mol. The summed E-state index contributed by atoms with van der Waals surface area (Å²) in [6.45, 7) is 1.49. The first-order valence-electron chi connectivity index (χ1n) is 4.17. The second-order valence-corrected chi connectivity index (χ2v) is 2.52. The van der Waals surface area contributed by atoms with Crippen molar-refractivity contribution in [3.05, 3.63) is 18.2 Å². The molecule has 1 heterocycles. The van der Waals surface area contributed by atoms with Crippen LogP contribution in [0.2, 0.25) is 0 Å². The summed E-state index contributed by atoms with van der Waals surface area (Å²) >= 11 is 0. The van der Waals surface area contributed by atoms with E-state index >= 15 is 0 Å². The summed E-state index contributed by atoms with van der Waals surface area (Å²) in [4.78, 5) is 17.1. The van der Waals surface area contributed by atoms with Crippen molar-refractivity contribution in [1.29, 1.82) is 0 Å². The van der Waals surface area contributed by atoms with Gasteiger partial charge in [-0.15, -0.1) is 0 Å². The molecule has 0 bridgehead atoms. The molecular formula is C8H7F3N2O3. The molecule has 0 atom stereocenters. The molecule has 8 heteroatoms. The molecule has 1 aromatic heterocycles. The molecule has 0 amide bonds. The number of aromatic nitrogens is 2. The van der Waals surface area contributed by atoms with Crippen LogP contribution in [0.15, 0.2) is 12.5 Å². The zero-order chi connectivity index (χ0) is 12.2. The van der Waals surface area contributed by atoms with Crippen LogP contribution in [0, 0.1) is 0 Å². The number of halogens is 3. The minimum absolute atomic E-state index is 0.00608. The van der Waals surface area contributed by atoms with Crippen LogP contribution in [0.5, 0.6) is 5.75 Å². The zero-order valence-corrected chi connectivity index (χ0v) is 8.11. The van der Waals surface area contributed by atoms with Crippen molar-refractivity contribution in [2.45, 2.75) is 13.1 Å². The number of ether oxygens (including phenoxy) is 2. The van der Waals surface area contributed by atoms with Gasteiger partial charge in [-0.3, -0.25) is 0 Å². The highest BCUT2D eigenvalue weighted by Crippen LogP contribution is 2.33. The van der Waals surface area contributed by atoms with Gasteiger partial charge in [-0.05, 0) is 6.92 Å². The van der Waals surface area contributed by atoms with Gasteiger partial charge < -0.3 is 9.47 Å². The average Bonchev–Trinajstić information content (AvgIpc) is 2.17. The molecule has 0 aliphatic rings. The lowest BCUT2D eigenvalue weighted by Gasteiger charge is -2.10. The van der Waals surface area contributed by atoms with E-state index in [-0.39, 0.29) is 6.61 Å². The van der Waals surface area contributed by atoms with Crippen LogP contribution >= 0.6 is 0 Å². The van der Waals surface area contributed by atoms with Gasteiger partial charge in [0.1, 0.15) is 6.33 Å². The predicted octanol–water partition coefficient (Wildman–Crippen LogP) is 2.03. The topological polar surface area (TPSA) is 61.3 Å². The van der Waals surface area contributed by atoms with E-state index in [4.69, 9.17) is 0 Å². The first-order chi connectivity index (χ1) is 7.45. The molecule has 0 saturated carbocycles. The van der Waals surface area contributed by atoms with Crippen LogP contribution in [-0.4, -0.2) is 22.7 Å². The molecule has 0 aliphatic carbocycles. The van der Waals surface area contributed by atoms with Crippen LogP contribution in [0.4, 0.5) is 18.0 Å². The lowest BCUT2D eigenvalue weighted by Crippen LogP contribution is -2.16. The van der Waals surface area contributed by atoms with Crippen molar-refractivity contribution in [3.8, 4) is 5.75 Å². The highest BCUT2D eigenvalue weighted by Gasteiger charge is 2.37. The van der Waals surface area contributed by atoms with Gasteiger partial charge in [0.05, 0.1) is 12.8 Å². The minimum Gasteiger partial charge on any atom is -0.434 e. The van der Waals surface area contributed by atoms with Crippen molar-refractivity contribution in [2.75, 3.05) is 6.61 Å². The maximum Gasteiger partial charge on any atom is 0.513 e. The van der Waals surface area contributed by atoms with Gasteiger partial charge in [0.15, 0.2) is 11.4 Å². The number of hydrogen-bond donors (Lipinski definition) is 0. The molecule has 0 saturated heterocycles. The first-order valence-corrected chi connectivity index (χ1v) is 4.17. The number of carbonyl (C=O) groups is 1. The third kappa shape index (κ3) is 3.07. The Morgan fingerprint density at radius 1 is 1.50 bits per heavy atom. The lowest BCUT2D eigenvalue weighted by atomic mass is 10.4. The fraction of sp³-hybridized carbons (Fsp3) is 0.375. The fourth-order valence-corrected chi connectivity index (χ4v) is 0.842. The molecule has 0 aromatic carbocycles. The summed E-state index contributed by atoms with van der Waals surface area (Å²) < 4.78 is 45.7. The van der Waals surface area contributed by atoms with Crippen LogP contribution < -0.4 is 4.74 Å². The zero-order valence-electron chi connectivity index (χ0n) is 8.11. The maximum atomic E-state index is 12.4. The van der Waals surface area contributed by atoms with Gasteiger partial charge in [-0.2, -0.15) is 13.2 Å². The van der Waals surface area contributed by atoms with Gasteiger partial charge in [0, 0.05) is 0 Å². The summed E-state index contributed by atoms with van der Waals surface area (Å²) in [5, 5.41) is 0. The number of carbonyl (C=O) groups excluding carboxylic acids is 1. The van der Waals surface area contributed by atoms with Gasteiger partial charge in [-0.1, -0.05) is 0 Å². The molecule has 0 unspecified atom stereocenters. The fourth-order valence-electron chi connectivity index (χ4n) is 0.842. The van der Waals surface area contributed by atoms with E-state index in [9.17, 15) is 18.0 Å². The molecule has 1 rings (SSSR count). The van der Waals surface area contributed by atoms with Gasteiger partial charge in [0.25, 0.3) is 0 Å². The summed E-state index contributed by atoms with van der Waals surface area (Å²) in [7, 11) is 0. The summed E-state index contributed by atoms with van der Waals surface area (Å²) in [5.41, 5.74) is -1.32. The Morgan fingerprint density at radius 3 is 2.75 bits per heavy atom. The van der Waals surface area contributed by atoms with Crippen LogP contribution in [0.3, 0.4) is 0 Å². The normalized spacial score (nSPS) is 11.0. The minimum atomic E-state index is -4.72. The van der Waals surface area contributed by atoms with E-state index in [0.717, 1.165) is 6.20 Å². The van der Waals surface area contributed by atoms with Crippen molar-refractivity contribution < 1.29 is 27.4 Å². The van der Waals surface area contributed by atoms with Gasteiger partial charge >= 0.3 is 12.3 Å². The average molecular weight is 236 g/mol. The molecular weight excluding hydrogens is 229 g/mol. The number of hydrogen-bond acceptors (Lipinski definition) is 5. The van der Waals surface area contributed by atoms with E-state index < -0.39 is 23.8 Å². The smallest absolute Gasteiger partial charge is 0.434 e. The second kappa shape index (κ2) is 4.77. The van der Waals surface area contributed by atoms with Crippen LogP contribution in [0.1, 0.15) is 12.6 Å². The number of alkyl halides is 3. The summed E-state index contributed by atoms with van der Waals surface area (Å²) in [6.07, 6.45) is -4.50. The number of rotatable bonds is 2. The molecule has 0 fully saturated rings. The Labute approximate surface area is 88.2 Å². The largest absolute Gasteiger partial charge is 0.513 e. The Balaban J connectivity index is 2.92. The monoisotopic (exact) mass is 236 g/mol. The molecule has 88 valence electrons. The highest BCUT2D eigenvalue weighted by atomic mass is 19.4. The molecule has 16 heavy (non-hydrogen) atoms. The van der Waals surface area contributed by atoms with Crippen LogP contribution in [-0.2, 0) is 10.9 Å². The number of nitrogens with zero attached hydrogens (tertiary/aromatic N) is 2. The van der Waals surface area contributed by atoms with Crippen LogP contribution in [0.25, 0.3) is 0 Å². The van der Waals surface area contributed by atoms with Gasteiger partial charge in [0.2, 0.25) is 0 Å². The maximum absolute atomic E-state index is 12.4. The Bertz CT molecular complexity index is 381. The Kier molecular flexibility index (Phi) is 3.64. The molecule has 0 N–H and O–H groups in total. The molecule has 1 aromatic rings. The van der Waals surface area contributed by atoms with Crippen molar-refractivity contribution in [1.82, 2.24) is 9.97 Å². The highest BCUT2D eigenvalue weighted by molar-refractivity contribution is 5.64. The van der Waals surface area contributed by atoms with E-state index in [2.05, 4.69) is 19.4 Å². The van der Waals surface area contributed by atoms with E-state index in [1.165, 1.54) is 6.92 Å². The van der Waals surface area contributed by atoms with Gasteiger partial charge in [-0.25, -0.2) is 14.8 Å². The molecule has 0 aliphatic heterocycles. The molecule has 0 radical (unpaired) electrons. The first kappa shape index (κ1) is 12.2. The van der Waals surface area contributed by atoms with Crippen molar-refractivity contribution >= 4 is 6.16 Å². The summed E-state index contributed by atoms with van der Waals surface area (Å²) in [6, 6.07) is 0.